The maximum atomic E-state index is 12.3. The molecule has 2 fully saturated rings. The molecule has 1 aromatic rings. The lowest BCUT2D eigenvalue weighted by molar-refractivity contribution is -0.133. The molecule has 0 bridgehead atoms. The lowest BCUT2D eigenvalue weighted by atomic mass is 9.79. The number of ether oxygens (including phenoxy) is 1. The number of piperidine rings is 1. The first-order chi connectivity index (χ1) is 10.5. The fourth-order valence-corrected chi connectivity index (χ4v) is 5.16. The third-order valence-electron chi connectivity index (χ3n) is 4.37. The van der Waals surface area contributed by atoms with Crippen LogP contribution in [0.4, 0.5) is 0 Å². The first kappa shape index (κ1) is 15.9. The fourth-order valence-electron chi connectivity index (χ4n) is 3.15. The minimum Gasteiger partial charge on any atom is -0.381 e. The number of amides is 1. The van der Waals surface area contributed by atoms with Crippen LogP contribution in [0, 0.1) is 5.41 Å². The Morgan fingerprint density at radius 1 is 1.45 bits per heavy atom. The molecule has 1 amide bonds. The van der Waals surface area contributed by atoms with Crippen molar-refractivity contribution in [1.82, 2.24) is 9.62 Å². The van der Waals surface area contributed by atoms with E-state index in [1.165, 1.54) is 6.07 Å². The van der Waals surface area contributed by atoms with Crippen LogP contribution >= 0.6 is 11.3 Å². The van der Waals surface area contributed by atoms with Crippen LogP contribution in [0.3, 0.4) is 0 Å². The molecule has 0 aromatic carbocycles. The van der Waals surface area contributed by atoms with Gasteiger partial charge in [-0.15, -0.1) is 11.3 Å². The Bertz CT molecular complexity index is 621. The number of hydrogen-bond donors (Lipinski definition) is 1. The van der Waals surface area contributed by atoms with Gasteiger partial charge >= 0.3 is 0 Å². The Labute approximate surface area is 134 Å². The SMILES string of the molecule is O=C(CNS(=O)(=O)c1cccs1)N1CCC[C@@]2(CCOC2)C1. The molecule has 3 rings (SSSR count). The minimum atomic E-state index is -3.58. The van der Waals surface area contributed by atoms with Crippen molar-refractivity contribution in [2.45, 2.75) is 23.5 Å². The molecule has 2 aliphatic heterocycles. The molecule has 0 radical (unpaired) electrons. The highest BCUT2D eigenvalue weighted by atomic mass is 32.2. The highest BCUT2D eigenvalue weighted by Gasteiger charge is 2.40. The summed E-state index contributed by atoms with van der Waals surface area (Å²) in [6.45, 7) is 2.65. The van der Waals surface area contributed by atoms with Crippen LogP contribution in [0.15, 0.2) is 21.7 Å². The molecule has 1 spiro atoms. The summed E-state index contributed by atoms with van der Waals surface area (Å²) in [7, 11) is -3.58. The number of likely N-dealkylation sites (tertiary alicyclic amines) is 1. The molecular formula is C14H20N2O4S2. The largest absolute Gasteiger partial charge is 0.381 e. The van der Waals surface area contributed by atoms with Crippen molar-refractivity contribution < 1.29 is 17.9 Å². The summed E-state index contributed by atoms with van der Waals surface area (Å²) in [6.07, 6.45) is 3.02. The van der Waals surface area contributed by atoms with Gasteiger partial charge in [-0.2, -0.15) is 0 Å². The number of rotatable bonds is 4. The van der Waals surface area contributed by atoms with Gasteiger partial charge in [-0.3, -0.25) is 4.79 Å². The van der Waals surface area contributed by atoms with Crippen LogP contribution in [0.5, 0.6) is 0 Å². The number of carbonyl (C=O) groups is 1. The van der Waals surface area contributed by atoms with Gasteiger partial charge < -0.3 is 9.64 Å². The molecule has 2 aliphatic rings. The second-order valence-corrected chi connectivity index (χ2v) is 8.92. The van der Waals surface area contributed by atoms with Crippen molar-refractivity contribution >= 4 is 27.3 Å². The molecule has 0 saturated carbocycles. The molecule has 6 nitrogen and oxygen atoms in total. The van der Waals surface area contributed by atoms with E-state index in [0.717, 1.165) is 37.2 Å². The number of nitrogens with zero attached hydrogens (tertiary/aromatic N) is 1. The number of carbonyl (C=O) groups excluding carboxylic acids is 1. The van der Waals surface area contributed by atoms with Gasteiger partial charge in [0.25, 0.3) is 10.0 Å². The summed E-state index contributed by atoms with van der Waals surface area (Å²) in [4.78, 5) is 14.1. The zero-order chi connectivity index (χ0) is 15.6. The van der Waals surface area contributed by atoms with E-state index >= 15 is 0 Å². The molecule has 8 heteroatoms. The van der Waals surface area contributed by atoms with E-state index in [9.17, 15) is 13.2 Å². The maximum absolute atomic E-state index is 12.3. The number of nitrogens with one attached hydrogen (secondary N) is 1. The van der Waals surface area contributed by atoms with Gasteiger partial charge in [0.1, 0.15) is 4.21 Å². The van der Waals surface area contributed by atoms with Crippen molar-refractivity contribution in [2.24, 2.45) is 5.41 Å². The Hall–Kier alpha value is -0.960. The molecule has 2 saturated heterocycles. The zero-order valence-electron chi connectivity index (χ0n) is 12.3. The van der Waals surface area contributed by atoms with Crippen molar-refractivity contribution in [3.05, 3.63) is 17.5 Å². The molecule has 1 aromatic heterocycles. The van der Waals surface area contributed by atoms with E-state index in [-0.39, 0.29) is 22.1 Å². The lowest BCUT2D eigenvalue weighted by Crippen LogP contribution is -2.49. The Kier molecular flexibility index (Phi) is 4.54. The van der Waals surface area contributed by atoms with Gasteiger partial charge in [0.2, 0.25) is 5.91 Å². The van der Waals surface area contributed by atoms with Crippen molar-refractivity contribution in [3.8, 4) is 0 Å². The Morgan fingerprint density at radius 3 is 3.00 bits per heavy atom. The average molecular weight is 344 g/mol. The predicted octanol–water partition coefficient (Wildman–Crippen LogP) is 1.06. The quantitative estimate of drug-likeness (QED) is 0.886. The van der Waals surface area contributed by atoms with Crippen molar-refractivity contribution in [1.29, 1.82) is 0 Å². The summed E-state index contributed by atoms with van der Waals surface area (Å²) in [5, 5.41) is 1.70. The summed E-state index contributed by atoms with van der Waals surface area (Å²) < 4.78 is 32.2. The Morgan fingerprint density at radius 2 is 2.32 bits per heavy atom. The van der Waals surface area contributed by atoms with Gasteiger partial charge in [0.15, 0.2) is 0 Å². The van der Waals surface area contributed by atoms with Crippen LogP contribution in [0.25, 0.3) is 0 Å². The fraction of sp³-hybridized carbons (Fsp3) is 0.643. The van der Waals surface area contributed by atoms with E-state index in [4.69, 9.17) is 4.74 Å². The molecule has 3 heterocycles. The van der Waals surface area contributed by atoms with Crippen LogP contribution in [0.1, 0.15) is 19.3 Å². The van der Waals surface area contributed by atoms with E-state index < -0.39 is 10.0 Å². The number of hydrogen-bond acceptors (Lipinski definition) is 5. The standard InChI is InChI=1S/C14H20N2O4S2/c17-12(9-15-22(18,19)13-3-1-8-21-13)16-6-2-4-14(10-16)5-7-20-11-14/h1,3,8,15H,2,4-7,9-11H2/t14-/m1/s1. The zero-order valence-corrected chi connectivity index (χ0v) is 13.9. The summed E-state index contributed by atoms with van der Waals surface area (Å²) >= 11 is 1.14. The molecule has 0 unspecified atom stereocenters. The molecule has 1 atom stereocenters. The first-order valence-electron chi connectivity index (χ1n) is 7.40. The summed E-state index contributed by atoms with van der Waals surface area (Å²) in [5.41, 5.74) is 0.0839. The normalized spacial score (nSPS) is 25.7. The third kappa shape index (κ3) is 3.34. The second kappa shape index (κ2) is 6.27. The van der Waals surface area contributed by atoms with Crippen LogP contribution < -0.4 is 4.72 Å². The maximum Gasteiger partial charge on any atom is 0.250 e. The second-order valence-electron chi connectivity index (χ2n) is 5.98. The topological polar surface area (TPSA) is 75.7 Å². The molecule has 22 heavy (non-hydrogen) atoms. The van der Waals surface area contributed by atoms with E-state index in [1.807, 2.05) is 0 Å². The van der Waals surface area contributed by atoms with Crippen molar-refractivity contribution in [2.75, 3.05) is 32.8 Å². The van der Waals surface area contributed by atoms with E-state index in [0.29, 0.717) is 19.7 Å². The van der Waals surface area contributed by atoms with Crippen LogP contribution in [0.2, 0.25) is 0 Å². The smallest absolute Gasteiger partial charge is 0.250 e. The van der Waals surface area contributed by atoms with Gasteiger partial charge in [-0.05, 0) is 30.7 Å². The summed E-state index contributed by atoms with van der Waals surface area (Å²) in [6, 6.07) is 3.21. The van der Waals surface area contributed by atoms with E-state index in [1.54, 1.807) is 16.3 Å². The highest BCUT2D eigenvalue weighted by Crippen LogP contribution is 2.37. The highest BCUT2D eigenvalue weighted by molar-refractivity contribution is 7.91. The van der Waals surface area contributed by atoms with Crippen LogP contribution in [-0.4, -0.2) is 52.1 Å². The van der Waals surface area contributed by atoms with Gasteiger partial charge in [-0.1, -0.05) is 6.07 Å². The first-order valence-corrected chi connectivity index (χ1v) is 9.76. The minimum absolute atomic E-state index is 0.0839. The predicted molar refractivity (Wildman–Crippen MR) is 83.2 cm³/mol. The summed E-state index contributed by atoms with van der Waals surface area (Å²) in [5.74, 6) is -0.161. The average Bonchev–Trinajstić information content (AvgIpc) is 3.17. The van der Waals surface area contributed by atoms with Gasteiger partial charge in [0, 0.05) is 25.1 Å². The van der Waals surface area contributed by atoms with Crippen LogP contribution in [-0.2, 0) is 19.6 Å². The Balaban J connectivity index is 1.58. The monoisotopic (exact) mass is 344 g/mol. The van der Waals surface area contributed by atoms with E-state index in [2.05, 4.69) is 4.72 Å². The lowest BCUT2D eigenvalue weighted by Gasteiger charge is -2.39. The number of sulfonamides is 1. The number of thiophene rings is 1. The molecule has 0 aliphatic carbocycles. The molecule has 1 N–H and O–H groups in total. The van der Waals surface area contributed by atoms with Gasteiger partial charge in [0.05, 0.1) is 13.2 Å². The molecule has 122 valence electrons. The third-order valence-corrected chi connectivity index (χ3v) is 7.17. The van der Waals surface area contributed by atoms with Crippen molar-refractivity contribution in [3.63, 3.8) is 0 Å². The van der Waals surface area contributed by atoms with Gasteiger partial charge in [-0.25, -0.2) is 13.1 Å². The molecular weight excluding hydrogens is 324 g/mol.